The second kappa shape index (κ2) is 3.49. The molecule has 2 rings (SSSR count). The molecule has 0 atom stereocenters. The quantitative estimate of drug-likeness (QED) is 0.721. The fourth-order valence-corrected chi connectivity index (χ4v) is 1.34. The lowest BCUT2D eigenvalue weighted by Gasteiger charge is -2.04. The van der Waals surface area contributed by atoms with Crippen LogP contribution in [0.25, 0.3) is 0 Å². The van der Waals surface area contributed by atoms with Crippen LogP contribution in [0.3, 0.4) is 0 Å². The average molecular weight is 188 g/mol. The number of hydrogen-bond acceptors (Lipinski definition) is 3. The van der Waals surface area contributed by atoms with E-state index in [1.165, 1.54) is 5.56 Å². The first-order valence-corrected chi connectivity index (χ1v) is 4.45. The Hall–Kier alpha value is -1.84. The average Bonchev–Trinajstić information content (AvgIpc) is 2.64. The van der Waals surface area contributed by atoms with E-state index in [0.29, 0.717) is 0 Å². The van der Waals surface area contributed by atoms with Gasteiger partial charge in [0.05, 0.1) is 12.7 Å². The highest BCUT2D eigenvalue weighted by Crippen LogP contribution is 2.13. The molecule has 0 amide bonds. The van der Waals surface area contributed by atoms with Gasteiger partial charge in [0.1, 0.15) is 0 Å². The lowest BCUT2D eigenvalue weighted by Crippen LogP contribution is -2.01. The van der Waals surface area contributed by atoms with Crippen molar-refractivity contribution < 1.29 is 0 Å². The molecule has 0 bridgehead atoms. The Morgan fingerprint density at radius 3 is 2.93 bits per heavy atom. The molecule has 0 fully saturated rings. The summed E-state index contributed by atoms with van der Waals surface area (Å²) in [5.74, 6) is 0. The van der Waals surface area contributed by atoms with Crippen LogP contribution in [0.15, 0.2) is 30.6 Å². The molecular weight excluding hydrogens is 176 g/mol. The summed E-state index contributed by atoms with van der Waals surface area (Å²) < 4.78 is 1.78. The number of rotatable bonds is 2. The van der Waals surface area contributed by atoms with Gasteiger partial charge in [-0.2, -0.15) is 0 Å². The summed E-state index contributed by atoms with van der Waals surface area (Å²) in [6.07, 6.45) is 3.51. The molecule has 0 saturated heterocycles. The Labute approximate surface area is 82.4 Å². The SMILES string of the molecule is Cc1cc(Cn2ccnn2)ccc1N. The van der Waals surface area contributed by atoms with E-state index in [1.54, 1.807) is 10.9 Å². The predicted molar refractivity (Wildman–Crippen MR) is 54.7 cm³/mol. The molecule has 4 heteroatoms. The topological polar surface area (TPSA) is 56.7 Å². The molecule has 1 heterocycles. The fraction of sp³-hybridized carbons (Fsp3) is 0.200. The highest BCUT2D eigenvalue weighted by atomic mass is 15.4. The van der Waals surface area contributed by atoms with Crippen molar-refractivity contribution in [3.8, 4) is 0 Å². The van der Waals surface area contributed by atoms with E-state index in [1.807, 2.05) is 25.3 Å². The molecular formula is C10H12N4. The van der Waals surface area contributed by atoms with Crippen molar-refractivity contribution in [3.63, 3.8) is 0 Å². The van der Waals surface area contributed by atoms with Crippen LogP contribution in [-0.4, -0.2) is 15.0 Å². The Morgan fingerprint density at radius 1 is 1.43 bits per heavy atom. The highest BCUT2D eigenvalue weighted by molar-refractivity contribution is 5.47. The Bertz CT molecular complexity index is 420. The van der Waals surface area contributed by atoms with Gasteiger partial charge in [0.15, 0.2) is 0 Å². The molecule has 0 radical (unpaired) electrons. The first kappa shape index (κ1) is 8.74. The molecule has 72 valence electrons. The number of aromatic nitrogens is 3. The number of hydrogen-bond donors (Lipinski definition) is 1. The number of nitrogens with zero attached hydrogens (tertiary/aromatic N) is 3. The minimum Gasteiger partial charge on any atom is -0.399 e. The lowest BCUT2D eigenvalue weighted by molar-refractivity contribution is 0.649. The second-order valence-corrected chi connectivity index (χ2v) is 3.29. The molecule has 0 aliphatic rings. The lowest BCUT2D eigenvalue weighted by atomic mass is 10.1. The van der Waals surface area contributed by atoms with Crippen molar-refractivity contribution >= 4 is 5.69 Å². The van der Waals surface area contributed by atoms with Crippen LogP contribution < -0.4 is 5.73 Å². The molecule has 0 spiro atoms. The van der Waals surface area contributed by atoms with Gasteiger partial charge in [-0.3, -0.25) is 0 Å². The van der Waals surface area contributed by atoms with Gasteiger partial charge < -0.3 is 5.73 Å². The van der Waals surface area contributed by atoms with Gasteiger partial charge in [-0.25, -0.2) is 4.68 Å². The minimum absolute atomic E-state index is 0.737. The zero-order valence-corrected chi connectivity index (χ0v) is 8.01. The number of benzene rings is 1. The van der Waals surface area contributed by atoms with Crippen LogP contribution in [0.2, 0.25) is 0 Å². The van der Waals surface area contributed by atoms with Gasteiger partial charge in [-0.05, 0) is 24.1 Å². The Kier molecular flexibility index (Phi) is 2.18. The van der Waals surface area contributed by atoms with E-state index in [0.717, 1.165) is 17.8 Å². The van der Waals surface area contributed by atoms with Gasteiger partial charge >= 0.3 is 0 Å². The minimum atomic E-state index is 0.737. The number of nitrogen functional groups attached to an aromatic ring is 1. The molecule has 4 nitrogen and oxygen atoms in total. The zero-order chi connectivity index (χ0) is 9.97. The van der Waals surface area contributed by atoms with E-state index in [9.17, 15) is 0 Å². The molecule has 14 heavy (non-hydrogen) atoms. The molecule has 0 saturated carbocycles. The first-order valence-electron chi connectivity index (χ1n) is 4.45. The van der Waals surface area contributed by atoms with Crippen molar-refractivity contribution in [3.05, 3.63) is 41.7 Å². The van der Waals surface area contributed by atoms with Crippen LogP contribution in [0.1, 0.15) is 11.1 Å². The third-order valence-corrected chi connectivity index (χ3v) is 2.15. The summed E-state index contributed by atoms with van der Waals surface area (Å²) in [6.45, 7) is 2.74. The van der Waals surface area contributed by atoms with Crippen molar-refractivity contribution in [1.29, 1.82) is 0 Å². The van der Waals surface area contributed by atoms with E-state index in [-0.39, 0.29) is 0 Å². The number of anilines is 1. The van der Waals surface area contributed by atoms with Crippen LogP contribution in [0.5, 0.6) is 0 Å². The molecule has 0 aliphatic carbocycles. The zero-order valence-electron chi connectivity index (χ0n) is 8.01. The van der Waals surface area contributed by atoms with Crippen molar-refractivity contribution in [2.45, 2.75) is 13.5 Å². The van der Waals surface area contributed by atoms with Crippen LogP contribution in [-0.2, 0) is 6.54 Å². The smallest absolute Gasteiger partial charge is 0.0693 e. The van der Waals surface area contributed by atoms with Crippen molar-refractivity contribution in [1.82, 2.24) is 15.0 Å². The highest BCUT2D eigenvalue weighted by Gasteiger charge is 1.98. The van der Waals surface area contributed by atoms with Crippen LogP contribution in [0, 0.1) is 6.92 Å². The van der Waals surface area contributed by atoms with E-state index < -0.39 is 0 Å². The van der Waals surface area contributed by atoms with Gasteiger partial charge in [0.25, 0.3) is 0 Å². The maximum Gasteiger partial charge on any atom is 0.0693 e. The van der Waals surface area contributed by atoms with Crippen LogP contribution in [0.4, 0.5) is 5.69 Å². The van der Waals surface area contributed by atoms with Crippen molar-refractivity contribution in [2.75, 3.05) is 5.73 Å². The maximum atomic E-state index is 5.73. The summed E-state index contributed by atoms with van der Waals surface area (Å²) in [5.41, 5.74) is 8.84. The van der Waals surface area contributed by atoms with Gasteiger partial charge in [-0.1, -0.05) is 17.3 Å². The van der Waals surface area contributed by atoms with Gasteiger partial charge in [-0.15, -0.1) is 5.10 Å². The molecule has 0 unspecified atom stereocenters. The third-order valence-electron chi connectivity index (χ3n) is 2.15. The standard InChI is InChI=1S/C10H12N4/c1-8-6-9(2-3-10(8)11)7-14-5-4-12-13-14/h2-6H,7,11H2,1H3. The van der Waals surface area contributed by atoms with Gasteiger partial charge in [0, 0.05) is 11.9 Å². The normalized spacial score (nSPS) is 10.4. The molecule has 1 aromatic carbocycles. The fourth-order valence-electron chi connectivity index (χ4n) is 1.34. The Morgan fingerprint density at radius 2 is 2.29 bits per heavy atom. The summed E-state index contributed by atoms with van der Waals surface area (Å²) >= 11 is 0. The molecule has 2 aromatic rings. The van der Waals surface area contributed by atoms with Gasteiger partial charge in [0.2, 0.25) is 0 Å². The Balaban J connectivity index is 2.22. The summed E-state index contributed by atoms with van der Waals surface area (Å²) in [4.78, 5) is 0. The summed E-state index contributed by atoms with van der Waals surface area (Å²) in [5, 5.41) is 7.65. The summed E-state index contributed by atoms with van der Waals surface area (Å²) in [6, 6.07) is 5.99. The molecule has 1 aromatic heterocycles. The molecule has 2 N–H and O–H groups in total. The van der Waals surface area contributed by atoms with E-state index in [2.05, 4.69) is 16.4 Å². The number of aryl methyl sites for hydroxylation is 1. The van der Waals surface area contributed by atoms with Crippen LogP contribution >= 0.6 is 0 Å². The van der Waals surface area contributed by atoms with E-state index in [4.69, 9.17) is 5.73 Å². The van der Waals surface area contributed by atoms with E-state index >= 15 is 0 Å². The first-order chi connectivity index (χ1) is 6.75. The predicted octanol–water partition coefficient (Wildman–Crippen LogP) is 1.22. The third kappa shape index (κ3) is 1.74. The summed E-state index contributed by atoms with van der Waals surface area (Å²) in [7, 11) is 0. The number of nitrogens with two attached hydrogens (primary N) is 1. The van der Waals surface area contributed by atoms with Crippen molar-refractivity contribution in [2.24, 2.45) is 0 Å². The monoisotopic (exact) mass is 188 g/mol. The second-order valence-electron chi connectivity index (χ2n) is 3.29. The maximum absolute atomic E-state index is 5.73. The molecule has 0 aliphatic heterocycles. The largest absolute Gasteiger partial charge is 0.399 e.